The maximum absolute atomic E-state index is 12.3. The van der Waals surface area contributed by atoms with Crippen molar-refractivity contribution in [2.45, 2.75) is 31.5 Å². The van der Waals surface area contributed by atoms with Crippen LogP contribution in [0.25, 0.3) is 0 Å². The van der Waals surface area contributed by atoms with Gasteiger partial charge in [-0.25, -0.2) is 13.1 Å². The Kier molecular flexibility index (Phi) is 5.68. The largest absolute Gasteiger partial charge is 0.309 e. The standard InChI is InChI=1S/C14H15BrN2O2S2.ClH/c1-9-13(5-14(15)20-9)21(18,19)17-6-10-2-3-11-7-16-8-12(11)4-10;/h2-5,16-17H,6-8H2,1H3;1H. The van der Waals surface area contributed by atoms with Crippen LogP contribution in [0.1, 0.15) is 21.6 Å². The molecule has 22 heavy (non-hydrogen) atoms. The Morgan fingerprint density at radius 2 is 2.00 bits per heavy atom. The van der Waals surface area contributed by atoms with Gasteiger partial charge in [0.15, 0.2) is 0 Å². The zero-order valence-electron chi connectivity index (χ0n) is 11.8. The van der Waals surface area contributed by atoms with E-state index in [0.717, 1.165) is 27.3 Å². The van der Waals surface area contributed by atoms with Crippen LogP contribution < -0.4 is 10.0 Å². The second-order valence-corrected chi connectivity index (χ2v) is 9.37. The van der Waals surface area contributed by atoms with Crippen LogP contribution in [0, 0.1) is 6.92 Å². The number of benzene rings is 1. The van der Waals surface area contributed by atoms with E-state index in [-0.39, 0.29) is 12.4 Å². The summed E-state index contributed by atoms with van der Waals surface area (Å²) in [7, 11) is -3.47. The first-order chi connectivity index (χ1) is 9.95. The molecule has 0 aliphatic carbocycles. The van der Waals surface area contributed by atoms with Crippen LogP contribution in [0.15, 0.2) is 32.9 Å². The number of thiophene rings is 1. The van der Waals surface area contributed by atoms with E-state index in [0.29, 0.717) is 11.4 Å². The molecule has 1 aromatic carbocycles. The average molecular weight is 424 g/mol. The van der Waals surface area contributed by atoms with Gasteiger partial charge < -0.3 is 5.32 Å². The highest BCUT2D eigenvalue weighted by atomic mass is 79.9. The minimum Gasteiger partial charge on any atom is -0.309 e. The van der Waals surface area contributed by atoms with Gasteiger partial charge in [0.2, 0.25) is 10.0 Å². The molecule has 0 radical (unpaired) electrons. The number of sulfonamides is 1. The van der Waals surface area contributed by atoms with Crippen molar-refractivity contribution in [2.75, 3.05) is 0 Å². The van der Waals surface area contributed by atoms with E-state index in [4.69, 9.17) is 0 Å². The average Bonchev–Trinajstić information content (AvgIpc) is 3.02. The lowest BCUT2D eigenvalue weighted by atomic mass is 10.1. The third-order valence-corrected chi connectivity index (χ3v) is 6.71. The molecule has 0 bridgehead atoms. The number of nitrogens with one attached hydrogen (secondary N) is 2. The summed E-state index contributed by atoms with van der Waals surface area (Å²) in [5, 5.41) is 3.28. The van der Waals surface area contributed by atoms with Gasteiger partial charge in [0.25, 0.3) is 0 Å². The Morgan fingerprint density at radius 1 is 1.27 bits per heavy atom. The molecule has 0 atom stereocenters. The summed E-state index contributed by atoms with van der Waals surface area (Å²) in [6.07, 6.45) is 0. The molecular formula is C14H16BrClN2O2S2. The van der Waals surface area contributed by atoms with Crippen molar-refractivity contribution in [3.8, 4) is 0 Å². The number of hydrogen-bond acceptors (Lipinski definition) is 4. The van der Waals surface area contributed by atoms with E-state index < -0.39 is 10.0 Å². The molecule has 120 valence electrons. The highest BCUT2D eigenvalue weighted by Crippen LogP contribution is 2.29. The molecule has 4 nitrogen and oxygen atoms in total. The number of fused-ring (bicyclic) bond motifs is 1. The molecule has 0 saturated carbocycles. The van der Waals surface area contributed by atoms with Crippen molar-refractivity contribution >= 4 is 49.7 Å². The number of hydrogen-bond donors (Lipinski definition) is 2. The molecule has 0 unspecified atom stereocenters. The predicted octanol–water partition coefficient (Wildman–Crippen LogP) is 3.32. The van der Waals surface area contributed by atoms with Gasteiger partial charge in [-0.2, -0.15) is 0 Å². The van der Waals surface area contributed by atoms with Gasteiger partial charge in [-0.05, 0) is 45.6 Å². The Hall–Kier alpha value is -0.440. The summed E-state index contributed by atoms with van der Waals surface area (Å²) in [6, 6.07) is 7.75. The summed E-state index contributed by atoms with van der Waals surface area (Å²) in [4.78, 5) is 1.13. The van der Waals surface area contributed by atoms with Crippen LogP contribution in [-0.2, 0) is 29.7 Å². The van der Waals surface area contributed by atoms with Crippen LogP contribution in [0.4, 0.5) is 0 Å². The second-order valence-electron chi connectivity index (χ2n) is 5.00. The van der Waals surface area contributed by atoms with Crippen molar-refractivity contribution < 1.29 is 8.42 Å². The van der Waals surface area contributed by atoms with Gasteiger partial charge in [0.1, 0.15) is 0 Å². The van der Waals surface area contributed by atoms with E-state index in [1.54, 1.807) is 6.07 Å². The molecular weight excluding hydrogens is 408 g/mol. The zero-order chi connectivity index (χ0) is 15.0. The third-order valence-electron chi connectivity index (χ3n) is 3.50. The molecule has 1 aliphatic heterocycles. The molecule has 0 amide bonds. The van der Waals surface area contributed by atoms with Gasteiger partial charge in [-0.3, -0.25) is 0 Å². The molecule has 1 aromatic heterocycles. The topological polar surface area (TPSA) is 58.2 Å². The van der Waals surface area contributed by atoms with Gasteiger partial charge in [-0.15, -0.1) is 23.7 Å². The fourth-order valence-electron chi connectivity index (χ4n) is 2.41. The minimum atomic E-state index is -3.47. The van der Waals surface area contributed by atoms with Crippen molar-refractivity contribution in [3.05, 3.63) is 49.6 Å². The molecule has 2 heterocycles. The lowest BCUT2D eigenvalue weighted by molar-refractivity contribution is 0.581. The van der Waals surface area contributed by atoms with Crippen molar-refractivity contribution in [1.29, 1.82) is 0 Å². The van der Waals surface area contributed by atoms with Gasteiger partial charge in [0, 0.05) is 24.5 Å². The van der Waals surface area contributed by atoms with Crippen molar-refractivity contribution in [3.63, 3.8) is 0 Å². The number of halogens is 2. The monoisotopic (exact) mass is 422 g/mol. The van der Waals surface area contributed by atoms with Crippen molar-refractivity contribution in [2.24, 2.45) is 0 Å². The number of aryl methyl sites for hydroxylation is 1. The molecule has 8 heteroatoms. The predicted molar refractivity (Wildman–Crippen MR) is 95.0 cm³/mol. The highest BCUT2D eigenvalue weighted by Gasteiger charge is 2.19. The molecule has 1 aliphatic rings. The maximum atomic E-state index is 12.3. The summed E-state index contributed by atoms with van der Waals surface area (Å²) in [6.45, 7) is 3.86. The molecule has 2 aromatic rings. The lowest BCUT2D eigenvalue weighted by Crippen LogP contribution is -2.23. The zero-order valence-corrected chi connectivity index (χ0v) is 15.9. The first-order valence-corrected chi connectivity index (χ1v) is 9.62. The summed E-state index contributed by atoms with van der Waals surface area (Å²) < 4.78 is 28.2. The first-order valence-electron chi connectivity index (χ1n) is 6.53. The summed E-state index contributed by atoms with van der Waals surface area (Å²) in [5.41, 5.74) is 3.52. The fraction of sp³-hybridized carbons (Fsp3) is 0.286. The normalized spacial score (nSPS) is 13.7. The lowest BCUT2D eigenvalue weighted by Gasteiger charge is -2.08. The van der Waals surface area contributed by atoms with Crippen LogP contribution >= 0.6 is 39.7 Å². The van der Waals surface area contributed by atoms with Crippen LogP contribution in [0.5, 0.6) is 0 Å². The second kappa shape index (κ2) is 6.98. The maximum Gasteiger partial charge on any atom is 0.242 e. The summed E-state index contributed by atoms with van der Waals surface area (Å²) >= 11 is 4.75. The number of rotatable bonds is 4. The van der Waals surface area contributed by atoms with E-state index in [1.807, 2.05) is 13.0 Å². The van der Waals surface area contributed by atoms with Crippen LogP contribution in [0.2, 0.25) is 0 Å². The molecule has 0 saturated heterocycles. The highest BCUT2D eigenvalue weighted by molar-refractivity contribution is 9.11. The molecule has 0 fully saturated rings. The Morgan fingerprint density at radius 3 is 2.68 bits per heavy atom. The van der Waals surface area contributed by atoms with E-state index in [9.17, 15) is 8.42 Å². The molecule has 3 rings (SSSR count). The van der Waals surface area contributed by atoms with Gasteiger partial charge in [-0.1, -0.05) is 18.2 Å². The van der Waals surface area contributed by atoms with E-state index in [2.05, 4.69) is 38.1 Å². The SMILES string of the molecule is Cc1sc(Br)cc1S(=O)(=O)NCc1ccc2c(c1)CNC2.Cl. The van der Waals surface area contributed by atoms with E-state index >= 15 is 0 Å². The molecule has 2 N–H and O–H groups in total. The Labute approximate surface area is 148 Å². The van der Waals surface area contributed by atoms with E-state index in [1.165, 1.54) is 22.5 Å². The van der Waals surface area contributed by atoms with Crippen molar-refractivity contribution in [1.82, 2.24) is 10.0 Å². The van der Waals surface area contributed by atoms with Gasteiger partial charge in [0.05, 0.1) is 8.68 Å². The molecule has 0 spiro atoms. The fourth-order valence-corrected chi connectivity index (χ4v) is 5.84. The van der Waals surface area contributed by atoms with Gasteiger partial charge >= 0.3 is 0 Å². The smallest absolute Gasteiger partial charge is 0.242 e. The first kappa shape index (κ1) is 17.9. The third kappa shape index (κ3) is 3.72. The Bertz CT molecular complexity index is 790. The van der Waals surface area contributed by atoms with Crippen LogP contribution in [0.3, 0.4) is 0 Å². The minimum absolute atomic E-state index is 0. The van der Waals surface area contributed by atoms with Crippen LogP contribution in [-0.4, -0.2) is 8.42 Å². The Balaban J connectivity index is 0.00000176. The summed E-state index contributed by atoms with van der Waals surface area (Å²) in [5.74, 6) is 0. The quantitative estimate of drug-likeness (QED) is 0.793.